The molecule has 5 atom stereocenters. The van der Waals surface area contributed by atoms with Gasteiger partial charge in [-0.25, -0.2) is 4.79 Å². The van der Waals surface area contributed by atoms with Crippen LogP contribution in [0.15, 0.2) is 48.5 Å². The Bertz CT molecular complexity index is 1190. The fourth-order valence-electron chi connectivity index (χ4n) is 7.05. The molecule has 1 saturated carbocycles. The van der Waals surface area contributed by atoms with Gasteiger partial charge in [0, 0.05) is 6.10 Å². The highest BCUT2D eigenvalue weighted by Crippen LogP contribution is 2.51. The summed E-state index contributed by atoms with van der Waals surface area (Å²) in [6.07, 6.45) is 10.2. The van der Waals surface area contributed by atoms with Crippen molar-refractivity contribution in [2.45, 2.75) is 122 Å². The molecule has 2 aromatic rings. The number of ether oxygens (including phenoxy) is 3. The van der Waals surface area contributed by atoms with Gasteiger partial charge in [-0.2, -0.15) is 0 Å². The molecule has 0 radical (unpaired) electrons. The lowest BCUT2D eigenvalue weighted by atomic mass is 9.73. The maximum absolute atomic E-state index is 12.5. The average Bonchev–Trinajstić information content (AvgIpc) is 3.33. The molecule has 0 saturated heterocycles. The molecule has 1 N–H and O–H groups in total. The topological polar surface area (TPSA) is 74.2 Å². The summed E-state index contributed by atoms with van der Waals surface area (Å²) in [5, 5.41) is 9.60. The highest BCUT2D eigenvalue weighted by molar-refractivity contribution is 6.74. The summed E-state index contributed by atoms with van der Waals surface area (Å²) < 4.78 is 24.9. The van der Waals surface area contributed by atoms with E-state index < -0.39 is 8.32 Å². The summed E-state index contributed by atoms with van der Waals surface area (Å²) in [5.74, 6) is 1.99. The predicted molar refractivity (Wildman–Crippen MR) is 183 cm³/mol. The highest BCUT2D eigenvalue weighted by atomic mass is 28.4. The van der Waals surface area contributed by atoms with Gasteiger partial charge in [0.15, 0.2) is 14.9 Å². The lowest BCUT2D eigenvalue weighted by Crippen LogP contribution is -2.45. The van der Waals surface area contributed by atoms with Crippen LogP contribution >= 0.6 is 0 Å². The number of esters is 1. The first-order valence-corrected chi connectivity index (χ1v) is 20.3. The number of hydrogen-bond acceptors (Lipinski definition) is 6. The smallest absolute Gasteiger partial charge is 0.344 e. The first kappa shape index (κ1) is 35.7. The monoisotopic (exact) mass is 638 g/mol. The second-order valence-corrected chi connectivity index (χ2v) is 19.5. The van der Waals surface area contributed by atoms with Crippen LogP contribution in [0.25, 0.3) is 0 Å². The maximum atomic E-state index is 12.5. The first-order valence-electron chi connectivity index (χ1n) is 17.4. The summed E-state index contributed by atoms with van der Waals surface area (Å²) in [6.45, 7) is 14.6. The van der Waals surface area contributed by atoms with Crippen molar-refractivity contribution in [1.82, 2.24) is 0 Å². The van der Waals surface area contributed by atoms with E-state index >= 15 is 0 Å². The molecule has 4 rings (SSSR count). The predicted octanol–water partition coefficient (Wildman–Crippen LogP) is 8.29. The fraction of sp³-hybridized carbons (Fsp3) is 0.658. The third-order valence-corrected chi connectivity index (χ3v) is 15.1. The van der Waals surface area contributed by atoms with Crippen LogP contribution in [0.4, 0.5) is 0 Å². The largest absolute Gasteiger partial charge is 0.482 e. The number of carbonyl (C=O) groups is 1. The average molecular weight is 639 g/mol. The van der Waals surface area contributed by atoms with Crippen molar-refractivity contribution in [3.05, 3.63) is 65.2 Å². The molecule has 2 aromatic carbocycles. The fourth-order valence-corrected chi connectivity index (χ4v) is 8.43. The molecule has 2 aliphatic rings. The van der Waals surface area contributed by atoms with Crippen LogP contribution < -0.4 is 4.74 Å². The molecule has 1 fully saturated rings. The summed E-state index contributed by atoms with van der Waals surface area (Å²) >= 11 is 0. The van der Waals surface area contributed by atoms with Crippen molar-refractivity contribution in [2.24, 2.45) is 17.8 Å². The SMILES string of the molecule is CCCCC[C@@H](CC[C@H]1C(O[Si](C)(C)C(C)(C)C)C[C@@H]2Cc3c(cccc3OCC(=O)OCc3ccccc3)C[C@@H]21)OCCO. The van der Waals surface area contributed by atoms with Gasteiger partial charge in [0.25, 0.3) is 0 Å². The van der Waals surface area contributed by atoms with E-state index in [0.717, 1.165) is 49.8 Å². The van der Waals surface area contributed by atoms with Crippen LogP contribution in [0, 0.1) is 17.8 Å². The van der Waals surface area contributed by atoms with Crippen LogP contribution in [-0.4, -0.2) is 51.4 Å². The van der Waals surface area contributed by atoms with Gasteiger partial charge in [0.1, 0.15) is 12.4 Å². The molecule has 0 aromatic heterocycles. The molecule has 1 unspecified atom stereocenters. The van der Waals surface area contributed by atoms with Gasteiger partial charge in [-0.15, -0.1) is 0 Å². The number of benzene rings is 2. The minimum atomic E-state index is -1.97. The van der Waals surface area contributed by atoms with Crippen molar-refractivity contribution in [1.29, 1.82) is 0 Å². The van der Waals surface area contributed by atoms with Crippen molar-refractivity contribution in [3.63, 3.8) is 0 Å². The van der Waals surface area contributed by atoms with Crippen molar-refractivity contribution in [2.75, 3.05) is 19.8 Å². The van der Waals surface area contributed by atoms with E-state index in [0.29, 0.717) is 24.4 Å². The molecule has 0 amide bonds. The third kappa shape index (κ3) is 9.90. The number of aliphatic hydroxyl groups is 1. The zero-order chi connectivity index (χ0) is 32.5. The van der Waals surface area contributed by atoms with E-state index in [2.05, 4.69) is 52.9 Å². The van der Waals surface area contributed by atoms with Gasteiger partial charge in [0.05, 0.1) is 19.3 Å². The zero-order valence-corrected chi connectivity index (χ0v) is 29.7. The number of fused-ring (bicyclic) bond motifs is 2. The normalized spacial score (nSPS) is 22.0. The molecule has 0 heterocycles. The number of unbranched alkanes of at least 4 members (excludes halogenated alkanes) is 2. The Morgan fingerprint density at radius 2 is 1.80 bits per heavy atom. The Hall–Kier alpha value is -2.19. The van der Waals surface area contributed by atoms with Crippen molar-refractivity contribution < 1.29 is 28.5 Å². The van der Waals surface area contributed by atoms with Crippen LogP contribution in [-0.2, 0) is 38.1 Å². The Morgan fingerprint density at radius 1 is 1.02 bits per heavy atom. The van der Waals surface area contributed by atoms with E-state index in [1.165, 1.54) is 30.4 Å². The van der Waals surface area contributed by atoms with Gasteiger partial charge in [-0.05, 0) is 97.2 Å². The highest BCUT2D eigenvalue weighted by Gasteiger charge is 2.49. The minimum Gasteiger partial charge on any atom is -0.482 e. The van der Waals surface area contributed by atoms with E-state index in [9.17, 15) is 9.90 Å². The molecule has 0 spiro atoms. The van der Waals surface area contributed by atoms with Gasteiger partial charge < -0.3 is 23.7 Å². The molecule has 0 aliphatic heterocycles. The van der Waals surface area contributed by atoms with Gasteiger partial charge in [0.2, 0.25) is 0 Å². The molecule has 250 valence electrons. The molecular formula is C38H58O6Si. The summed E-state index contributed by atoms with van der Waals surface area (Å²) in [5.41, 5.74) is 3.54. The number of carbonyl (C=O) groups excluding carboxylic acids is 1. The molecule has 7 heteroatoms. The van der Waals surface area contributed by atoms with Gasteiger partial charge >= 0.3 is 5.97 Å². The van der Waals surface area contributed by atoms with Crippen LogP contribution in [0.2, 0.25) is 18.1 Å². The van der Waals surface area contributed by atoms with E-state index in [-0.39, 0.29) is 43.0 Å². The standard InChI is InChI=1S/C38H58O6Si/c1-7-8-10-17-31(41-22-21-39)19-20-32-33-23-29-16-13-18-35(42-27-37(40)43-26-28-14-11-9-12-15-28)34(29)24-30(33)25-36(32)44-45(5,6)38(2,3)4/h9,11-16,18,30-33,36,39H,7-8,10,17,19-27H2,1-6H3/t30-,31-,32+,33-,36?/m0/s1. The van der Waals surface area contributed by atoms with Crippen LogP contribution in [0.1, 0.15) is 89.3 Å². The maximum Gasteiger partial charge on any atom is 0.344 e. The Labute approximate surface area is 273 Å². The van der Waals surface area contributed by atoms with E-state index in [1.807, 2.05) is 36.4 Å². The quantitative estimate of drug-likeness (QED) is 0.107. The summed E-state index contributed by atoms with van der Waals surface area (Å²) in [4.78, 5) is 12.5. The minimum absolute atomic E-state index is 0.0709. The van der Waals surface area contributed by atoms with Gasteiger partial charge in [-0.1, -0.05) is 89.4 Å². The third-order valence-electron chi connectivity index (χ3n) is 10.6. The number of hydrogen-bond donors (Lipinski definition) is 1. The number of aliphatic hydroxyl groups excluding tert-OH is 1. The van der Waals surface area contributed by atoms with Crippen LogP contribution in [0.5, 0.6) is 5.75 Å². The Morgan fingerprint density at radius 3 is 2.51 bits per heavy atom. The van der Waals surface area contributed by atoms with Crippen molar-refractivity contribution in [3.8, 4) is 5.75 Å². The van der Waals surface area contributed by atoms with E-state index in [1.54, 1.807) is 0 Å². The number of rotatable bonds is 17. The molecule has 0 bridgehead atoms. The van der Waals surface area contributed by atoms with Crippen molar-refractivity contribution >= 4 is 14.3 Å². The second kappa shape index (κ2) is 16.6. The first-order chi connectivity index (χ1) is 21.5. The Balaban J connectivity index is 1.46. The Kier molecular flexibility index (Phi) is 13.1. The molecule has 45 heavy (non-hydrogen) atoms. The molecule has 6 nitrogen and oxygen atoms in total. The zero-order valence-electron chi connectivity index (χ0n) is 28.7. The van der Waals surface area contributed by atoms with Crippen LogP contribution in [0.3, 0.4) is 0 Å². The lowest BCUT2D eigenvalue weighted by Gasteiger charge is -2.40. The van der Waals surface area contributed by atoms with E-state index in [4.69, 9.17) is 18.6 Å². The second-order valence-electron chi connectivity index (χ2n) is 14.8. The lowest BCUT2D eigenvalue weighted by molar-refractivity contribution is -0.147. The molecular weight excluding hydrogens is 580 g/mol. The molecule has 2 aliphatic carbocycles. The summed E-state index contributed by atoms with van der Waals surface area (Å²) in [6, 6.07) is 16.0. The summed E-state index contributed by atoms with van der Waals surface area (Å²) in [7, 11) is -1.97. The van der Waals surface area contributed by atoms with Gasteiger partial charge in [-0.3, -0.25) is 0 Å².